The number of nitrogens with one attached hydrogen (secondary N) is 2. The number of anilines is 4. The number of amides is 1. The van der Waals surface area contributed by atoms with Gasteiger partial charge in [0.05, 0.1) is 35.8 Å². The van der Waals surface area contributed by atoms with E-state index in [1.54, 1.807) is 30.5 Å². The SMILES string of the molecule is N#Cc1ccccc1Nc1ccnc(C(=O)Nc2ccccc2N2CCOCC2)c1. The maximum Gasteiger partial charge on any atom is 0.274 e. The van der Waals surface area contributed by atoms with Crippen LogP contribution in [0.25, 0.3) is 0 Å². The molecule has 1 saturated heterocycles. The summed E-state index contributed by atoms with van der Waals surface area (Å²) in [5, 5.41) is 15.4. The van der Waals surface area contributed by atoms with Crippen LogP contribution in [-0.4, -0.2) is 37.2 Å². The predicted molar refractivity (Wildman–Crippen MR) is 116 cm³/mol. The molecule has 7 nitrogen and oxygen atoms in total. The molecule has 0 radical (unpaired) electrons. The fourth-order valence-corrected chi connectivity index (χ4v) is 3.32. The third-order valence-corrected chi connectivity index (χ3v) is 4.82. The maximum absolute atomic E-state index is 12.9. The topological polar surface area (TPSA) is 90.3 Å². The van der Waals surface area contributed by atoms with Crippen LogP contribution in [0.5, 0.6) is 0 Å². The minimum atomic E-state index is -0.298. The van der Waals surface area contributed by atoms with Gasteiger partial charge in [0.2, 0.25) is 0 Å². The summed E-state index contributed by atoms with van der Waals surface area (Å²) in [7, 11) is 0. The molecule has 3 aromatic rings. The second kappa shape index (κ2) is 9.07. The van der Waals surface area contributed by atoms with Gasteiger partial charge in [-0.1, -0.05) is 24.3 Å². The molecule has 4 rings (SSSR count). The van der Waals surface area contributed by atoms with Crippen LogP contribution in [0, 0.1) is 11.3 Å². The number of pyridine rings is 1. The van der Waals surface area contributed by atoms with Gasteiger partial charge < -0.3 is 20.3 Å². The van der Waals surface area contributed by atoms with E-state index in [2.05, 4.69) is 26.6 Å². The van der Waals surface area contributed by atoms with Crippen LogP contribution < -0.4 is 15.5 Å². The normalized spacial score (nSPS) is 13.4. The van der Waals surface area contributed by atoms with E-state index >= 15 is 0 Å². The van der Waals surface area contributed by atoms with E-state index in [0.717, 1.165) is 24.5 Å². The molecule has 0 bridgehead atoms. The molecule has 0 saturated carbocycles. The van der Waals surface area contributed by atoms with Crippen molar-refractivity contribution >= 4 is 28.7 Å². The van der Waals surface area contributed by atoms with Gasteiger partial charge in [-0.2, -0.15) is 5.26 Å². The number of benzene rings is 2. The number of aromatic nitrogens is 1. The minimum absolute atomic E-state index is 0.284. The van der Waals surface area contributed by atoms with E-state index in [0.29, 0.717) is 30.2 Å². The Bertz CT molecular complexity index is 1090. The van der Waals surface area contributed by atoms with E-state index in [4.69, 9.17) is 4.74 Å². The van der Waals surface area contributed by atoms with Crippen molar-refractivity contribution in [2.75, 3.05) is 41.8 Å². The summed E-state index contributed by atoms with van der Waals surface area (Å²) in [4.78, 5) is 19.3. The van der Waals surface area contributed by atoms with Crippen molar-refractivity contribution in [2.45, 2.75) is 0 Å². The summed E-state index contributed by atoms with van der Waals surface area (Å²) >= 11 is 0. The monoisotopic (exact) mass is 399 g/mol. The van der Waals surface area contributed by atoms with E-state index in [1.165, 1.54) is 0 Å². The van der Waals surface area contributed by atoms with Crippen LogP contribution in [0.3, 0.4) is 0 Å². The maximum atomic E-state index is 12.9. The molecule has 1 aliphatic heterocycles. The van der Waals surface area contributed by atoms with Crippen LogP contribution in [0.15, 0.2) is 66.9 Å². The van der Waals surface area contributed by atoms with Gasteiger partial charge in [0.1, 0.15) is 11.8 Å². The number of para-hydroxylation sites is 3. The molecule has 2 aromatic carbocycles. The number of hydrogen-bond acceptors (Lipinski definition) is 6. The lowest BCUT2D eigenvalue weighted by Crippen LogP contribution is -2.36. The molecule has 30 heavy (non-hydrogen) atoms. The zero-order chi connectivity index (χ0) is 20.8. The lowest BCUT2D eigenvalue weighted by atomic mass is 10.2. The largest absolute Gasteiger partial charge is 0.378 e. The zero-order valence-electron chi connectivity index (χ0n) is 16.3. The minimum Gasteiger partial charge on any atom is -0.378 e. The number of morpholine rings is 1. The fourth-order valence-electron chi connectivity index (χ4n) is 3.32. The van der Waals surface area contributed by atoms with E-state index < -0.39 is 0 Å². The van der Waals surface area contributed by atoms with Crippen molar-refractivity contribution in [3.8, 4) is 6.07 Å². The number of hydrogen-bond donors (Lipinski definition) is 2. The fraction of sp³-hybridized carbons (Fsp3) is 0.174. The molecule has 0 unspecified atom stereocenters. The summed E-state index contributed by atoms with van der Waals surface area (Å²) < 4.78 is 5.42. The van der Waals surface area contributed by atoms with Gasteiger partial charge in [-0.15, -0.1) is 0 Å². The van der Waals surface area contributed by atoms with Gasteiger partial charge in [0.15, 0.2) is 0 Å². The van der Waals surface area contributed by atoms with Crippen molar-refractivity contribution in [1.82, 2.24) is 4.98 Å². The molecule has 150 valence electrons. The Morgan fingerprint density at radius 2 is 1.77 bits per heavy atom. The van der Waals surface area contributed by atoms with Crippen molar-refractivity contribution < 1.29 is 9.53 Å². The van der Waals surface area contributed by atoms with Crippen molar-refractivity contribution in [2.24, 2.45) is 0 Å². The summed E-state index contributed by atoms with van der Waals surface area (Å²) in [5.41, 5.74) is 3.87. The molecule has 7 heteroatoms. The Morgan fingerprint density at radius 1 is 1.03 bits per heavy atom. The summed E-state index contributed by atoms with van der Waals surface area (Å²) in [6.07, 6.45) is 1.57. The number of nitrogens with zero attached hydrogens (tertiary/aromatic N) is 3. The van der Waals surface area contributed by atoms with Crippen molar-refractivity contribution in [3.63, 3.8) is 0 Å². The highest BCUT2D eigenvalue weighted by atomic mass is 16.5. The Balaban J connectivity index is 1.52. The van der Waals surface area contributed by atoms with Gasteiger partial charge >= 0.3 is 0 Å². The first kappa shape index (κ1) is 19.4. The highest BCUT2D eigenvalue weighted by Gasteiger charge is 2.17. The van der Waals surface area contributed by atoms with E-state index in [1.807, 2.05) is 36.4 Å². The van der Waals surface area contributed by atoms with Gasteiger partial charge in [0, 0.05) is 25.0 Å². The molecule has 2 heterocycles. The number of carbonyl (C=O) groups is 1. The molecule has 1 amide bonds. The van der Waals surface area contributed by atoms with Crippen LogP contribution in [-0.2, 0) is 4.74 Å². The Kier molecular flexibility index (Phi) is 5.88. The second-order valence-electron chi connectivity index (χ2n) is 6.78. The first-order valence-electron chi connectivity index (χ1n) is 9.70. The van der Waals surface area contributed by atoms with Gasteiger partial charge in [0.25, 0.3) is 5.91 Å². The molecule has 1 aliphatic rings. The van der Waals surface area contributed by atoms with Crippen molar-refractivity contribution in [3.05, 3.63) is 78.1 Å². The third-order valence-electron chi connectivity index (χ3n) is 4.82. The lowest BCUT2D eigenvalue weighted by molar-refractivity contribution is 0.102. The predicted octanol–water partition coefficient (Wildman–Crippen LogP) is 3.79. The average molecular weight is 399 g/mol. The highest BCUT2D eigenvalue weighted by Crippen LogP contribution is 2.27. The smallest absolute Gasteiger partial charge is 0.274 e. The highest BCUT2D eigenvalue weighted by molar-refractivity contribution is 6.05. The van der Waals surface area contributed by atoms with Crippen LogP contribution in [0.1, 0.15) is 16.1 Å². The van der Waals surface area contributed by atoms with E-state index in [9.17, 15) is 10.1 Å². The van der Waals surface area contributed by atoms with Crippen LogP contribution in [0.2, 0.25) is 0 Å². The molecular formula is C23H21N5O2. The Hall–Kier alpha value is -3.89. The number of rotatable bonds is 5. The number of nitriles is 1. The lowest BCUT2D eigenvalue weighted by Gasteiger charge is -2.30. The third kappa shape index (κ3) is 4.40. The first-order valence-corrected chi connectivity index (χ1v) is 9.70. The molecule has 0 spiro atoms. The standard InChI is InChI=1S/C23H21N5O2/c24-16-17-5-1-2-6-19(17)26-18-9-10-25-21(15-18)23(29)27-20-7-3-4-8-22(20)28-11-13-30-14-12-28/h1-10,15H,11-14H2,(H,25,26)(H,27,29). The van der Waals surface area contributed by atoms with Gasteiger partial charge in [-0.25, -0.2) is 0 Å². The van der Waals surface area contributed by atoms with Gasteiger partial charge in [-0.3, -0.25) is 9.78 Å². The average Bonchev–Trinajstić information content (AvgIpc) is 2.80. The molecule has 1 aromatic heterocycles. The number of ether oxygens (including phenoxy) is 1. The molecule has 0 atom stereocenters. The Morgan fingerprint density at radius 3 is 2.57 bits per heavy atom. The first-order chi connectivity index (χ1) is 14.7. The quantitative estimate of drug-likeness (QED) is 0.678. The summed E-state index contributed by atoms with van der Waals surface area (Å²) in [6, 6.07) is 20.5. The van der Waals surface area contributed by atoms with Crippen LogP contribution >= 0.6 is 0 Å². The second-order valence-corrected chi connectivity index (χ2v) is 6.78. The van der Waals surface area contributed by atoms with E-state index in [-0.39, 0.29) is 11.6 Å². The van der Waals surface area contributed by atoms with Crippen LogP contribution in [0.4, 0.5) is 22.7 Å². The molecule has 0 aliphatic carbocycles. The van der Waals surface area contributed by atoms with Gasteiger partial charge in [-0.05, 0) is 36.4 Å². The molecule has 2 N–H and O–H groups in total. The Labute approximate surface area is 174 Å². The number of carbonyl (C=O) groups excluding carboxylic acids is 1. The zero-order valence-corrected chi connectivity index (χ0v) is 16.3. The summed E-state index contributed by atoms with van der Waals surface area (Å²) in [5.74, 6) is -0.298. The van der Waals surface area contributed by atoms with Crippen molar-refractivity contribution in [1.29, 1.82) is 5.26 Å². The summed E-state index contributed by atoms with van der Waals surface area (Å²) in [6.45, 7) is 2.90. The molecular weight excluding hydrogens is 378 g/mol. The molecule has 1 fully saturated rings.